The SMILES string of the molecule is CCCCOc1ccc(/C=N\NC(=O)c2cc(-c3ccc(OCC)cc3)n[nH]2)cc1. The Morgan fingerprint density at radius 3 is 2.47 bits per heavy atom. The van der Waals surface area contributed by atoms with Crippen molar-refractivity contribution in [3.63, 3.8) is 0 Å². The highest BCUT2D eigenvalue weighted by molar-refractivity contribution is 5.94. The molecule has 1 heterocycles. The van der Waals surface area contributed by atoms with Crippen molar-refractivity contribution >= 4 is 12.1 Å². The van der Waals surface area contributed by atoms with Gasteiger partial charge in [0.1, 0.15) is 17.2 Å². The van der Waals surface area contributed by atoms with Crippen LogP contribution in [0.25, 0.3) is 11.3 Å². The second-order valence-electron chi connectivity index (χ2n) is 6.59. The van der Waals surface area contributed by atoms with Gasteiger partial charge < -0.3 is 9.47 Å². The maximum Gasteiger partial charge on any atom is 0.289 e. The molecular weight excluding hydrogens is 380 g/mol. The largest absolute Gasteiger partial charge is 0.494 e. The van der Waals surface area contributed by atoms with Crippen LogP contribution >= 0.6 is 0 Å². The molecule has 0 aliphatic carbocycles. The third kappa shape index (κ3) is 5.94. The van der Waals surface area contributed by atoms with Crippen LogP contribution in [0, 0.1) is 0 Å². The summed E-state index contributed by atoms with van der Waals surface area (Å²) in [5.41, 5.74) is 5.25. The van der Waals surface area contributed by atoms with E-state index in [1.54, 1.807) is 12.3 Å². The Kier molecular flexibility index (Phi) is 7.60. The van der Waals surface area contributed by atoms with Crippen LogP contribution in [0.2, 0.25) is 0 Å². The molecule has 0 fully saturated rings. The molecule has 0 saturated heterocycles. The number of aromatic nitrogens is 2. The number of benzene rings is 2. The molecule has 2 N–H and O–H groups in total. The smallest absolute Gasteiger partial charge is 0.289 e. The highest BCUT2D eigenvalue weighted by Gasteiger charge is 2.10. The van der Waals surface area contributed by atoms with Crippen molar-refractivity contribution < 1.29 is 14.3 Å². The van der Waals surface area contributed by atoms with Gasteiger partial charge in [0.15, 0.2) is 0 Å². The Morgan fingerprint density at radius 1 is 1.07 bits per heavy atom. The highest BCUT2D eigenvalue weighted by atomic mass is 16.5. The summed E-state index contributed by atoms with van der Waals surface area (Å²) in [4.78, 5) is 12.3. The van der Waals surface area contributed by atoms with Gasteiger partial charge in [0.05, 0.1) is 25.1 Å². The molecule has 7 nitrogen and oxygen atoms in total. The first-order chi connectivity index (χ1) is 14.7. The molecule has 0 atom stereocenters. The molecule has 3 rings (SSSR count). The van der Waals surface area contributed by atoms with Crippen molar-refractivity contribution in [2.45, 2.75) is 26.7 Å². The minimum atomic E-state index is -0.365. The molecule has 3 aromatic rings. The zero-order valence-corrected chi connectivity index (χ0v) is 17.2. The molecular formula is C23H26N4O3. The lowest BCUT2D eigenvalue weighted by atomic mass is 10.1. The predicted molar refractivity (Wildman–Crippen MR) is 117 cm³/mol. The molecule has 0 aliphatic rings. The number of carbonyl (C=O) groups is 1. The third-order valence-corrected chi connectivity index (χ3v) is 4.31. The Labute approximate surface area is 176 Å². The minimum absolute atomic E-state index is 0.329. The number of amides is 1. The number of H-pyrrole nitrogens is 1. The number of nitrogens with zero attached hydrogens (tertiary/aromatic N) is 2. The number of ether oxygens (including phenoxy) is 2. The fourth-order valence-corrected chi connectivity index (χ4v) is 2.68. The first kappa shape index (κ1) is 21.1. The molecule has 0 aliphatic heterocycles. The number of hydrogen-bond acceptors (Lipinski definition) is 5. The molecule has 0 spiro atoms. The second kappa shape index (κ2) is 10.8. The molecule has 1 amide bonds. The molecule has 0 radical (unpaired) electrons. The van der Waals surface area contributed by atoms with Crippen molar-refractivity contribution in [3.05, 3.63) is 65.9 Å². The zero-order chi connectivity index (χ0) is 21.2. The number of rotatable bonds is 10. The average molecular weight is 406 g/mol. The summed E-state index contributed by atoms with van der Waals surface area (Å²) in [5, 5.41) is 10.9. The zero-order valence-electron chi connectivity index (χ0n) is 17.2. The fourth-order valence-electron chi connectivity index (χ4n) is 2.68. The van der Waals surface area contributed by atoms with Crippen molar-refractivity contribution in [2.24, 2.45) is 5.10 Å². The van der Waals surface area contributed by atoms with Crippen LogP contribution in [0.1, 0.15) is 42.7 Å². The number of nitrogens with one attached hydrogen (secondary N) is 2. The standard InChI is InChI=1S/C23H26N4O3/c1-3-5-14-30-20-10-6-17(7-11-20)16-24-27-23(28)22-15-21(25-26-22)18-8-12-19(13-9-18)29-4-2/h6-13,15-16H,3-5,14H2,1-2H3,(H,25,26)(H,27,28)/b24-16-. The summed E-state index contributed by atoms with van der Waals surface area (Å²) >= 11 is 0. The first-order valence-corrected chi connectivity index (χ1v) is 10.0. The van der Waals surface area contributed by atoms with Gasteiger partial charge in [-0.15, -0.1) is 0 Å². The van der Waals surface area contributed by atoms with E-state index >= 15 is 0 Å². The van der Waals surface area contributed by atoms with Gasteiger partial charge in [0.2, 0.25) is 0 Å². The molecule has 1 aromatic heterocycles. The Morgan fingerprint density at radius 2 is 1.77 bits per heavy atom. The summed E-state index contributed by atoms with van der Waals surface area (Å²) in [7, 11) is 0. The number of aromatic amines is 1. The van der Waals surface area contributed by atoms with Crippen molar-refractivity contribution in [2.75, 3.05) is 13.2 Å². The molecule has 7 heteroatoms. The van der Waals surface area contributed by atoms with Crippen LogP contribution in [0.5, 0.6) is 11.5 Å². The number of carbonyl (C=O) groups excluding carboxylic acids is 1. The van der Waals surface area contributed by atoms with Gasteiger partial charge in [0.25, 0.3) is 5.91 Å². The molecule has 0 saturated carbocycles. The van der Waals surface area contributed by atoms with Gasteiger partial charge in [0, 0.05) is 5.56 Å². The number of unbranched alkanes of at least 4 members (excludes halogenated alkanes) is 1. The van der Waals surface area contributed by atoms with Crippen LogP contribution < -0.4 is 14.9 Å². The van der Waals surface area contributed by atoms with Gasteiger partial charge in [-0.3, -0.25) is 9.89 Å². The minimum Gasteiger partial charge on any atom is -0.494 e. The summed E-state index contributed by atoms with van der Waals surface area (Å²) in [6.07, 6.45) is 3.71. The van der Waals surface area contributed by atoms with Crippen LogP contribution in [0.4, 0.5) is 0 Å². The van der Waals surface area contributed by atoms with E-state index in [2.05, 4.69) is 27.6 Å². The Balaban J connectivity index is 1.53. The summed E-state index contributed by atoms with van der Waals surface area (Å²) < 4.78 is 11.1. The predicted octanol–water partition coefficient (Wildman–Crippen LogP) is 4.42. The van der Waals surface area contributed by atoms with Crippen LogP contribution in [-0.2, 0) is 0 Å². The van der Waals surface area contributed by atoms with Crippen molar-refractivity contribution in [1.82, 2.24) is 15.6 Å². The maximum atomic E-state index is 12.3. The average Bonchev–Trinajstić information content (AvgIpc) is 3.26. The third-order valence-electron chi connectivity index (χ3n) is 4.31. The number of hydrogen-bond donors (Lipinski definition) is 2. The lowest BCUT2D eigenvalue weighted by molar-refractivity contribution is 0.0950. The van der Waals surface area contributed by atoms with E-state index in [4.69, 9.17) is 9.47 Å². The lowest BCUT2D eigenvalue weighted by Crippen LogP contribution is -2.17. The highest BCUT2D eigenvalue weighted by Crippen LogP contribution is 2.21. The number of hydrazone groups is 1. The van der Waals surface area contributed by atoms with E-state index in [0.717, 1.165) is 35.5 Å². The maximum absolute atomic E-state index is 12.3. The van der Waals surface area contributed by atoms with E-state index in [9.17, 15) is 4.79 Å². The second-order valence-corrected chi connectivity index (χ2v) is 6.59. The summed E-state index contributed by atoms with van der Waals surface area (Å²) in [6, 6.07) is 16.8. The van der Waals surface area contributed by atoms with E-state index in [0.29, 0.717) is 24.6 Å². The topological polar surface area (TPSA) is 88.6 Å². The molecule has 2 aromatic carbocycles. The van der Waals surface area contributed by atoms with Gasteiger partial charge in [-0.1, -0.05) is 13.3 Å². The Hall–Kier alpha value is -3.61. The molecule has 156 valence electrons. The molecule has 0 bridgehead atoms. The van der Waals surface area contributed by atoms with Gasteiger partial charge >= 0.3 is 0 Å². The first-order valence-electron chi connectivity index (χ1n) is 10.0. The quantitative estimate of drug-likeness (QED) is 0.296. The van der Waals surface area contributed by atoms with Crippen molar-refractivity contribution in [3.8, 4) is 22.8 Å². The van der Waals surface area contributed by atoms with E-state index in [1.807, 2.05) is 55.5 Å². The normalized spacial score (nSPS) is 10.9. The summed E-state index contributed by atoms with van der Waals surface area (Å²) in [5.74, 6) is 1.25. The van der Waals surface area contributed by atoms with Crippen LogP contribution in [0.3, 0.4) is 0 Å². The van der Waals surface area contributed by atoms with Gasteiger partial charge in [-0.2, -0.15) is 10.2 Å². The Bertz CT molecular complexity index is 963. The monoisotopic (exact) mass is 406 g/mol. The van der Waals surface area contributed by atoms with Crippen molar-refractivity contribution in [1.29, 1.82) is 0 Å². The fraction of sp³-hybridized carbons (Fsp3) is 0.261. The van der Waals surface area contributed by atoms with E-state index in [-0.39, 0.29) is 5.91 Å². The van der Waals surface area contributed by atoms with E-state index in [1.165, 1.54) is 0 Å². The van der Waals surface area contributed by atoms with Crippen LogP contribution in [-0.4, -0.2) is 35.5 Å². The van der Waals surface area contributed by atoms with Crippen LogP contribution in [0.15, 0.2) is 59.7 Å². The lowest BCUT2D eigenvalue weighted by Gasteiger charge is -2.04. The molecule has 0 unspecified atom stereocenters. The van der Waals surface area contributed by atoms with E-state index < -0.39 is 0 Å². The van der Waals surface area contributed by atoms with Gasteiger partial charge in [-0.05, 0) is 73.5 Å². The molecule has 30 heavy (non-hydrogen) atoms. The summed E-state index contributed by atoms with van der Waals surface area (Å²) in [6.45, 7) is 5.39. The van der Waals surface area contributed by atoms with Gasteiger partial charge in [-0.25, -0.2) is 5.43 Å².